The molecule has 0 spiro atoms. The van der Waals surface area contributed by atoms with Crippen LogP contribution in [-0.4, -0.2) is 35.3 Å². The van der Waals surface area contributed by atoms with Gasteiger partial charge in [0.2, 0.25) is 5.91 Å². The summed E-state index contributed by atoms with van der Waals surface area (Å²) in [4.78, 5) is 28.2. The van der Waals surface area contributed by atoms with Crippen LogP contribution in [-0.2, 0) is 11.2 Å². The third kappa shape index (κ3) is 5.44. The number of hydrogen-bond acceptors (Lipinski definition) is 3. The third-order valence-corrected chi connectivity index (χ3v) is 4.35. The Hall–Kier alpha value is -1.36. The number of rotatable bonds is 6. The molecule has 0 aromatic carbocycles. The quantitative estimate of drug-likeness (QED) is 0.872. The number of aryl methyl sites for hydroxylation is 2. The number of carbonyl (C=O) groups is 2. The Morgan fingerprint density at radius 3 is 2.41 bits per heavy atom. The van der Waals surface area contributed by atoms with E-state index < -0.39 is 0 Å². The number of hydrogen-bond donors (Lipinski definition) is 1. The lowest BCUT2D eigenvalue weighted by Gasteiger charge is -2.24. The maximum absolute atomic E-state index is 12.6. The van der Waals surface area contributed by atoms with E-state index in [-0.39, 0.29) is 23.9 Å². The molecule has 0 aliphatic carbocycles. The van der Waals surface area contributed by atoms with Crippen molar-refractivity contribution in [2.24, 2.45) is 0 Å². The number of thiophene rings is 1. The van der Waals surface area contributed by atoms with Gasteiger partial charge in [0.25, 0.3) is 5.91 Å². The maximum atomic E-state index is 12.6. The monoisotopic (exact) mass is 324 g/mol. The Kier molecular flexibility index (Phi) is 6.60. The Morgan fingerprint density at radius 2 is 1.91 bits per heavy atom. The van der Waals surface area contributed by atoms with E-state index >= 15 is 0 Å². The molecule has 4 nitrogen and oxygen atoms in total. The molecule has 0 aliphatic heterocycles. The molecule has 0 aliphatic rings. The summed E-state index contributed by atoms with van der Waals surface area (Å²) < 4.78 is 0. The van der Waals surface area contributed by atoms with Gasteiger partial charge in [0.15, 0.2) is 0 Å². The minimum absolute atomic E-state index is 0.0537. The SMILES string of the molecule is CCCc1cc(C(=O)N(CC)CC(=O)NC(C)(C)C)sc1C. The molecule has 0 bridgehead atoms. The summed E-state index contributed by atoms with van der Waals surface area (Å²) in [6.07, 6.45) is 2.06. The number of amides is 2. The summed E-state index contributed by atoms with van der Waals surface area (Å²) in [6.45, 7) is 12.5. The van der Waals surface area contributed by atoms with Crippen molar-refractivity contribution in [1.82, 2.24) is 10.2 Å². The first-order chi connectivity index (χ1) is 10.2. The van der Waals surface area contributed by atoms with Crippen LogP contribution in [0.25, 0.3) is 0 Å². The van der Waals surface area contributed by atoms with Crippen molar-refractivity contribution in [3.63, 3.8) is 0 Å². The van der Waals surface area contributed by atoms with Crippen molar-refractivity contribution in [2.75, 3.05) is 13.1 Å². The molecule has 1 aromatic heterocycles. The normalized spacial score (nSPS) is 11.4. The van der Waals surface area contributed by atoms with E-state index in [0.29, 0.717) is 6.54 Å². The standard InChI is InChI=1S/C17H28N2O2S/c1-7-9-13-10-14(22-12(13)3)16(21)19(8-2)11-15(20)18-17(4,5)6/h10H,7-9,11H2,1-6H3,(H,18,20). The highest BCUT2D eigenvalue weighted by Gasteiger charge is 2.22. The summed E-state index contributed by atoms with van der Waals surface area (Å²) in [6, 6.07) is 1.98. The van der Waals surface area contributed by atoms with Crippen molar-refractivity contribution in [3.8, 4) is 0 Å². The molecule has 0 radical (unpaired) electrons. The molecule has 0 fully saturated rings. The predicted octanol–water partition coefficient (Wildman–Crippen LogP) is 3.39. The highest BCUT2D eigenvalue weighted by Crippen LogP contribution is 2.24. The van der Waals surface area contributed by atoms with Gasteiger partial charge in [-0.3, -0.25) is 9.59 Å². The summed E-state index contributed by atoms with van der Waals surface area (Å²) in [7, 11) is 0. The number of nitrogens with zero attached hydrogens (tertiary/aromatic N) is 1. The lowest BCUT2D eigenvalue weighted by Crippen LogP contribution is -2.47. The van der Waals surface area contributed by atoms with Crippen LogP contribution in [0.2, 0.25) is 0 Å². The first-order valence-corrected chi connectivity index (χ1v) is 8.69. The Morgan fingerprint density at radius 1 is 1.27 bits per heavy atom. The fourth-order valence-corrected chi connectivity index (χ4v) is 3.30. The molecular formula is C17H28N2O2S. The molecule has 1 rings (SSSR count). The molecule has 1 aromatic rings. The molecular weight excluding hydrogens is 296 g/mol. The summed E-state index contributed by atoms with van der Waals surface area (Å²) in [5.41, 5.74) is 0.957. The van der Waals surface area contributed by atoms with Gasteiger partial charge in [-0.25, -0.2) is 0 Å². The minimum Gasteiger partial charge on any atom is -0.350 e. The Bertz CT molecular complexity index is 529. The van der Waals surface area contributed by atoms with Gasteiger partial charge in [-0.2, -0.15) is 0 Å². The van der Waals surface area contributed by atoms with Crippen molar-refractivity contribution in [2.45, 2.75) is 59.9 Å². The van der Waals surface area contributed by atoms with Crippen molar-refractivity contribution >= 4 is 23.2 Å². The lowest BCUT2D eigenvalue weighted by molar-refractivity contribution is -0.123. The zero-order chi connectivity index (χ0) is 16.9. The minimum atomic E-state index is -0.284. The van der Waals surface area contributed by atoms with Gasteiger partial charge >= 0.3 is 0 Å². The first kappa shape index (κ1) is 18.7. The van der Waals surface area contributed by atoms with E-state index in [2.05, 4.69) is 19.2 Å². The van der Waals surface area contributed by atoms with Crippen LogP contribution >= 0.6 is 11.3 Å². The second-order valence-corrected chi connectivity index (χ2v) is 7.82. The van der Waals surface area contributed by atoms with Crippen LogP contribution in [0.5, 0.6) is 0 Å². The molecule has 0 saturated carbocycles. The largest absolute Gasteiger partial charge is 0.350 e. The predicted molar refractivity (Wildman–Crippen MR) is 92.5 cm³/mol. The molecule has 22 heavy (non-hydrogen) atoms. The zero-order valence-electron chi connectivity index (χ0n) is 14.6. The average Bonchev–Trinajstić information content (AvgIpc) is 2.75. The summed E-state index contributed by atoms with van der Waals surface area (Å²) >= 11 is 1.52. The molecule has 124 valence electrons. The number of carbonyl (C=O) groups excluding carboxylic acids is 2. The Balaban J connectivity index is 2.80. The van der Waals surface area contributed by atoms with Gasteiger partial charge in [0.1, 0.15) is 0 Å². The molecule has 1 N–H and O–H groups in total. The van der Waals surface area contributed by atoms with Gasteiger partial charge in [-0.05, 0) is 52.7 Å². The molecule has 0 atom stereocenters. The Labute approximate surface area is 137 Å². The molecule has 5 heteroatoms. The average molecular weight is 324 g/mol. The number of nitrogens with one attached hydrogen (secondary N) is 1. The zero-order valence-corrected chi connectivity index (χ0v) is 15.4. The van der Waals surface area contributed by atoms with Gasteiger partial charge in [-0.15, -0.1) is 11.3 Å². The highest BCUT2D eigenvalue weighted by atomic mass is 32.1. The summed E-state index contributed by atoms with van der Waals surface area (Å²) in [5, 5.41) is 2.90. The molecule has 0 saturated heterocycles. The fraction of sp³-hybridized carbons (Fsp3) is 0.647. The van der Waals surface area contributed by atoms with E-state index in [1.807, 2.05) is 33.8 Å². The second-order valence-electron chi connectivity index (χ2n) is 6.56. The van der Waals surface area contributed by atoms with Gasteiger partial charge < -0.3 is 10.2 Å². The van der Waals surface area contributed by atoms with E-state index in [1.54, 1.807) is 4.90 Å². The maximum Gasteiger partial charge on any atom is 0.264 e. The van der Waals surface area contributed by atoms with Crippen molar-refractivity contribution in [3.05, 3.63) is 21.4 Å². The third-order valence-electron chi connectivity index (χ3n) is 3.27. The van der Waals surface area contributed by atoms with Crippen LogP contribution in [0, 0.1) is 6.92 Å². The van der Waals surface area contributed by atoms with E-state index in [1.165, 1.54) is 21.8 Å². The topological polar surface area (TPSA) is 49.4 Å². The molecule has 2 amide bonds. The van der Waals surface area contributed by atoms with Gasteiger partial charge in [0, 0.05) is 17.0 Å². The lowest BCUT2D eigenvalue weighted by atomic mass is 10.1. The van der Waals surface area contributed by atoms with Gasteiger partial charge in [0.05, 0.1) is 11.4 Å². The van der Waals surface area contributed by atoms with Crippen LogP contribution in [0.3, 0.4) is 0 Å². The van der Waals surface area contributed by atoms with Gasteiger partial charge in [-0.1, -0.05) is 13.3 Å². The van der Waals surface area contributed by atoms with Crippen molar-refractivity contribution in [1.29, 1.82) is 0 Å². The first-order valence-electron chi connectivity index (χ1n) is 7.87. The van der Waals surface area contributed by atoms with E-state index in [9.17, 15) is 9.59 Å². The van der Waals surface area contributed by atoms with Crippen molar-refractivity contribution < 1.29 is 9.59 Å². The fourth-order valence-electron chi connectivity index (χ4n) is 2.26. The molecule has 0 unspecified atom stereocenters. The summed E-state index contributed by atoms with van der Waals surface area (Å²) in [5.74, 6) is -0.174. The molecule has 1 heterocycles. The highest BCUT2D eigenvalue weighted by molar-refractivity contribution is 7.14. The van der Waals surface area contributed by atoms with Crippen LogP contribution in [0.1, 0.15) is 61.2 Å². The van der Waals surface area contributed by atoms with Crippen LogP contribution in [0.15, 0.2) is 6.07 Å². The van der Waals surface area contributed by atoms with Crippen LogP contribution < -0.4 is 5.32 Å². The second kappa shape index (κ2) is 7.77. The smallest absolute Gasteiger partial charge is 0.264 e. The van der Waals surface area contributed by atoms with E-state index in [4.69, 9.17) is 0 Å². The van der Waals surface area contributed by atoms with Crippen LogP contribution in [0.4, 0.5) is 0 Å². The van der Waals surface area contributed by atoms with E-state index in [0.717, 1.165) is 17.7 Å². The number of likely N-dealkylation sites (N-methyl/N-ethyl adjacent to an activating group) is 1.